The Morgan fingerprint density at radius 1 is 1.05 bits per heavy atom. The van der Waals surface area contributed by atoms with Gasteiger partial charge in [-0.1, -0.05) is 20.8 Å². The zero-order valence-corrected chi connectivity index (χ0v) is 24.3. The van der Waals surface area contributed by atoms with Gasteiger partial charge in [-0.15, -0.1) is 11.3 Å². The predicted octanol–water partition coefficient (Wildman–Crippen LogP) is 5.31. The van der Waals surface area contributed by atoms with Crippen molar-refractivity contribution in [3.05, 3.63) is 53.0 Å². The van der Waals surface area contributed by atoms with Gasteiger partial charge < -0.3 is 30.1 Å². The van der Waals surface area contributed by atoms with Gasteiger partial charge in [-0.3, -0.25) is 4.79 Å². The van der Waals surface area contributed by atoms with Crippen LogP contribution in [0, 0.1) is 5.92 Å². The van der Waals surface area contributed by atoms with E-state index in [1.54, 1.807) is 37.9 Å². The van der Waals surface area contributed by atoms with Gasteiger partial charge in [0.15, 0.2) is 22.1 Å². The summed E-state index contributed by atoms with van der Waals surface area (Å²) < 4.78 is 10.8. The van der Waals surface area contributed by atoms with Crippen LogP contribution >= 0.6 is 11.3 Å². The van der Waals surface area contributed by atoms with Crippen LogP contribution in [-0.4, -0.2) is 59.2 Å². The summed E-state index contributed by atoms with van der Waals surface area (Å²) in [6.45, 7) is 6.91. The first kappa shape index (κ1) is 28.1. The Morgan fingerprint density at radius 2 is 1.80 bits per heavy atom. The summed E-state index contributed by atoms with van der Waals surface area (Å²) >= 11 is 1.42. The molecule has 0 bridgehead atoms. The number of ether oxygens (including phenoxy) is 2. The van der Waals surface area contributed by atoms with E-state index >= 15 is 0 Å². The van der Waals surface area contributed by atoms with Gasteiger partial charge in [0, 0.05) is 30.5 Å². The van der Waals surface area contributed by atoms with Gasteiger partial charge in [0.1, 0.15) is 5.52 Å². The number of carbonyl (C=O) groups is 2. The highest BCUT2D eigenvalue weighted by Gasteiger charge is 2.31. The van der Waals surface area contributed by atoms with Crippen LogP contribution in [0.3, 0.4) is 0 Å². The molecule has 214 valence electrons. The molecule has 2 aromatic heterocycles. The number of nitrogens with one attached hydrogen (secondary N) is 2. The molecule has 0 spiro atoms. The highest BCUT2D eigenvalue weighted by molar-refractivity contribution is 7.16. The van der Waals surface area contributed by atoms with Crippen LogP contribution in [0.4, 0.5) is 23.1 Å². The first-order valence-corrected chi connectivity index (χ1v) is 14.0. The molecule has 4 aromatic rings. The number of aromatic carboxylic acids is 1. The number of anilines is 4. The standard InChI is InChI=1S/C29H32N6O5S/c1-29(2,3)20-12-17(6-8-19(20)27(37)38)32-25(36)16-10-11-35(14-16)28-33-24(23-26(34-28)41-15-30-23)31-18-7-9-21(39-4)22(13-18)40-5/h6-9,12-13,15-16H,10-11,14H2,1-5H3,(H,32,36)(H,37,38)(H,31,33,34). The van der Waals surface area contributed by atoms with Crippen molar-refractivity contribution in [3.8, 4) is 11.5 Å². The number of methoxy groups -OCH3 is 2. The molecule has 3 N–H and O–H groups in total. The molecule has 1 aliphatic heterocycles. The lowest BCUT2D eigenvalue weighted by Crippen LogP contribution is -2.28. The van der Waals surface area contributed by atoms with Gasteiger partial charge in [-0.25, -0.2) is 9.78 Å². The number of benzene rings is 2. The summed E-state index contributed by atoms with van der Waals surface area (Å²) in [5.74, 6) is 0.877. The third kappa shape index (κ3) is 5.87. The fourth-order valence-electron chi connectivity index (χ4n) is 4.86. The molecule has 1 amide bonds. The lowest BCUT2D eigenvalue weighted by atomic mass is 9.83. The van der Waals surface area contributed by atoms with E-state index in [0.717, 1.165) is 10.5 Å². The van der Waals surface area contributed by atoms with Crippen LogP contribution in [-0.2, 0) is 10.2 Å². The summed E-state index contributed by atoms with van der Waals surface area (Å²) in [4.78, 5) is 41.6. The predicted molar refractivity (Wildman–Crippen MR) is 159 cm³/mol. The molecule has 5 rings (SSSR count). The first-order chi connectivity index (χ1) is 19.6. The molecule has 1 aliphatic rings. The summed E-state index contributed by atoms with van der Waals surface area (Å²) in [7, 11) is 3.17. The Kier molecular flexibility index (Phi) is 7.68. The molecule has 1 saturated heterocycles. The topological polar surface area (TPSA) is 139 Å². The summed E-state index contributed by atoms with van der Waals surface area (Å²) in [5, 5.41) is 15.9. The molecular formula is C29H32N6O5S. The van der Waals surface area contributed by atoms with E-state index in [2.05, 4.69) is 15.6 Å². The fourth-order valence-corrected chi connectivity index (χ4v) is 5.51. The van der Waals surface area contributed by atoms with Gasteiger partial charge in [-0.2, -0.15) is 9.97 Å². The lowest BCUT2D eigenvalue weighted by molar-refractivity contribution is -0.119. The number of thiazole rings is 1. The minimum Gasteiger partial charge on any atom is -0.493 e. The van der Waals surface area contributed by atoms with Crippen LogP contribution in [0.15, 0.2) is 41.9 Å². The van der Waals surface area contributed by atoms with E-state index in [9.17, 15) is 14.7 Å². The minimum absolute atomic E-state index is 0.127. The Balaban J connectivity index is 1.34. The van der Waals surface area contributed by atoms with Gasteiger partial charge in [0.25, 0.3) is 0 Å². The maximum absolute atomic E-state index is 13.2. The SMILES string of the molecule is COc1ccc(Nc2nc(N3CCC(C(=O)Nc4ccc(C(=O)O)c(C(C)(C)C)c4)C3)nc3scnc23)cc1OC. The fraction of sp³-hybridized carbons (Fsp3) is 0.345. The molecule has 3 heterocycles. The third-order valence-electron chi connectivity index (χ3n) is 7.00. The lowest BCUT2D eigenvalue weighted by Gasteiger charge is -2.23. The van der Waals surface area contributed by atoms with Crippen molar-refractivity contribution in [2.75, 3.05) is 42.8 Å². The number of carbonyl (C=O) groups excluding carboxylic acids is 1. The van der Waals surface area contributed by atoms with Crippen molar-refractivity contribution in [2.24, 2.45) is 5.92 Å². The number of fused-ring (bicyclic) bond motifs is 1. The molecule has 1 atom stereocenters. The van der Waals surface area contributed by atoms with Crippen LogP contribution in [0.5, 0.6) is 11.5 Å². The van der Waals surface area contributed by atoms with Crippen molar-refractivity contribution in [1.82, 2.24) is 15.0 Å². The second-order valence-electron chi connectivity index (χ2n) is 10.8. The monoisotopic (exact) mass is 576 g/mol. The van der Waals surface area contributed by atoms with Gasteiger partial charge in [0.05, 0.1) is 31.2 Å². The second kappa shape index (κ2) is 11.2. The van der Waals surface area contributed by atoms with E-state index in [1.807, 2.05) is 43.9 Å². The van der Waals surface area contributed by atoms with Crippen LogP contribution < -0.4 is 25.0 Å². The van der Waals surface area contributed by atoms with E-state index in [4.69, 9.17) is 19.4 Å². The second-order valence-corrected chi connectivity index (χ2v) is 11.6. The van der Waals surface area contributed by atoms with Crippen LogP contribution in [0.2, 0.25) is 0 Å². The number of hydrogen-bond donors (Lipinski definition) is 3. The number of carboxylic acid groups (broad SMARTS) is 1. The number of amides is 1. The van der Waals surface area contributed by atoms with Gasteiger partial charge in [-0.05, 0) is 47.7 Å². The molecule has 0 saturated carbocycles. The van der Waals surface area contributed by atoms with E-state index in [1.165, 1.54) is 11.3 Å². The molecule has 0 radical (unpaired) electrons. The molecule has 12 heteroatoms. The average Bonchev–Trinajstić information content (AvgIpc) is 3.63. The molecule has 0 aliphatic carbocycles. The quantitative estimate of drug-likeness (QED) is 0.253. The Hall–Kier alpha value is -4.45. The van der Waals surface area contributed by atoms with E-state index < -0.39 is 11.4 Å². The molecule has 41 heavy (non-hydrogen) atoms. The molecule has 2 aromatic carbocycles. The number of carboxylic acids is 1. The highest BCUT2D eigenvalue weighted by atomic mass is 32.1. The smallest absolute Gasteiger partial charge is 0.335 e. The van der Waals surface area contributed by atoms with E-state index in [-0.39, 0.29) is 17.4 Å². The third-order valence-corrected chi connectivity index (χ3v) is 7.72. The number of nitrogens with zero attached hydrogens (tertiary/aromatic N) is 4. The normalized spacial score (nSPS) is 15.1. The minimum atomic E-state index is -0.989. The molecular weight excluding hydrogens is 544 g/mol. The van der Waals surface area contributed by atoms with Crippen molar-refractivity contribution in [3.63, 3.8) is 0 Å². The maximum atomic E-state index is 13.2. The van der Waals surface area contributed by atoms with Crippen molar-refractivity contribution in [2.45, 2.75) is 32.6 Å². The summed E-state index contributed by atoms with van der Waals surface area (Å²) in [6.07, 6.45) is 0.633. The zero-order valence-electron chi connectivity index (χ0n) is 23.5. The Bertz CT molecular complexity index is 1620. The summed E-state index contributed by atoms with van der Waals surface area (Å²) in [5.41, 5.74) is 4.21. The largest absolute Gasteiger partial charge is 0.493 e. The highest BCUT2D eigenvalue weighted by Crippen LogP contribution is 2.34. The van der Waals surface area contributed by atoms with Crippen molar-refractivity contribution < 1.29 is 24.2 Å². The van der Waals surface area contributed by atoms with E-state index in [0.29, 0.717) is 59.5 Å². The Morgan fingerprint density at radius 3 is 2.51 bits per heavy atom. The number of hydrogen-bond acceptors (Lipinski definition) is 10. The van der Waals surface area contributed by atoms with Crippen molar-refractivity contribution >= 4 is 56.7 Å². The van der Waals surface area contributed by atoms with Crippen molar-refractivity contribution in [1.29, 1.82) is 0 Å². The number of aromatic nitrogens is 3. The maximum Gasteiger partial charge on any atom is 0.335 e. The average molecular weight is 577 g/mol. The molecule has 1 unspecified atom stereocenters. The number of rotatable bonds is 8. The van der Waals surface area contributed by atoms with Gasteiger partial charge in [0.2, 0.25) is 11.9 Å². The van der Waals surface area contributed by atoms with Crippen LogP contribution in [0.1, 0.15) is 43.1 Å². The molecule has 1 fully saturated rings. The molecule has 11 nitrogen and oxygen atoms in total. The summed E-state index contributed by atoms with van der Waals surface area (Å²) in [6, 6.07) is 10.4. The first-order valence-electron chi connectivity index (χ1n) is 13.1. The van der Waals surface area contributed by atoms with Crippen LogP contribution in [0.25, 0.3) is 10.3 Å². The zero-order chi connectivity index (χ0) is 29.3. The van der Waals surface area contributed by atoms with Gasteiger partial charge >= 0.3 is 5.97 Å². The Labute approximate surface area is 241 Å².